The van der Waals surface area contributed by atoms with Gasteiger partial charge in [-0.15, -0.1) is 6.58 Å². The van der Waals surface area contributed by atoms with E-state index >= 15 is 0 Å². The van der Waals surface area contributed by atoms with Crippen LogP contribution in [0.25, 0.3) is 0 Å². The Bertz CT molecular complexity index is 780. The molecule has 0 radical (unpaired) electrons. The molecule has 1 atom stereocenters. The Morgan fingerprint density at radius 2 is 1.89 bits per heavy atom. The van der Waals surface area contributed by atoms with Crippen LogP contribution >= 0.6 is 0 Å². The topological polar surface area (TPSA) is 69.0 Å². The molecule has 0 aliphatic carbocycles. The number of rotatable bonds is 9. The fourth-order valence-electron chi connectivity index (χ4n) is 2.71. The molecule has 0 spiro atoms. The molecule has 0 aliphatic heterocycles. The van der Waals surface area contributed by atoms with Gasteiger partial charge in [-0.1, -0.05) is 36.4 Å². The third-order valence-electron chi connectivity index (χ3n) is 3.99. The van der Waals surface area contributed by atoms with Crippen LogP contribution in [-0.4, -0.2) is 31.1 Å². The van der Waals surface area contributed by atoms with Crippen molar-refractivity contribution in [3.63, 3.8) is 0 Å². The number of carbonyl (C=O) groups is 2. The summed E-state index contributed by atoms with van der Waals surface area (Å²) in [5, 5.41) is 0. The summed E-state index contributed by atoms with van der Waals surface area (Å²) < 4.78 is 15.2. The fraction of sp³-hybridized carbons (Fsp3) is 0.238. The molecular formula is C21H23NO5. The van der Waals surface area contributed by atoms with Crippen LogP contribution < -0.4 is 0 Å². The highest BCUT2D eigenvalue weighted by Crippen LogP contribution is 2.31. The van der Waals surface area contributed by atoms with E-state index in [2.05, 4.69) is 6.58 Å². The van der Waals surface area contributed by atoms with E-state index in [4.69, 9.17) is 13.9 Å². The van der Waals surface area contributed by atoms with E-state index in [0.29, 0.717) is 18.7 Å². The van der Waals surface area contributed by atoms with E-state index < -0.39 is 11.9 Å². The minimum Gasteiger partial charge on any atom is -0.467 e. The second kappa shape index (κ2) is 10.0. The fourth-order valence-corrected chi connectivity index (χ4v) is 2.71. The van der Waals surface area contributed by atoms with E-state index in [1.54, 1.807) is 23.3 Å². The Morgan fingerprint density at radius 1 is 1.15 bits per heavy atom. The normalized spacial score (nSPS) is 12.1. The summed E-state index contributed by atoms with van der Waals surface area (Å²) in [4.78, 5) is 26.1. The summed E-state index contributed by atoms with van der Waals surface area (Å²) in [7, 11) is 2.52. The van der Waals surface area contributed by atoms with Crippen molar-refractivity contribution in [3.05, 3.63) is 84.5 Å². The third kappa shape index (κ3) is 5.34. The van der Waals surface area contributed by atoms with Gasteiger partial charge in [0.15, 0.2) is 0 Å². The molecule has 6 nitrogen and oxygen atoms in total. The van der Waals surface area contributed by atoms with Crippen LogP contribution in [0.5, 0.6) is 0 Å². The molecule has 0 amide bonds. The SMILES string of the molecule is C=CCC(c1ccco1)N(Cc1ccccc1)/C(=C/C(=O)OC)C(=O)OC. The van der Waals surface area contributed by atoms with Gasteiger partial charge in [0.1, 0.15) is 11.5 Å². The quantitative estimate of drug-likeness (QED) is 0.382. The number of methoxy groups -OCH3 is 2. The second-order valence-electron chi connectivity index (χ2n) is 5.71. The average molecular weight is 369 g/mol. The molecule has 1 aromatic carbocycles. The van der Waals surface area contributed by atoms with Gasteiger partial charge in [0.25, 0.3) is 0 Å². The number of nitrogens with zero attached hydrogens (tertiary/aromatic N) is 1. The Morgan fingerprint density at radius 3 is 2.44 bits per heavy atom. The van der Waals surface area contributed by atoms with Crippen LogP contribution in [0, 0.1) is 0 Å². The summed E-state index contributed by atoms with van der Waals surface area (Å²) >= 11 is 0. The average Bonchev–Trinajstić information content (AvgIpc) is 3.23. The molecule has 2 aromatic rings. The summed E-state index contributed by atoms with van der Waals surface area (Å²) in [6.45, 7) is 4.16. The van der Waals surface area contributed by atoms with Crippen molar-refractivity contribution in [1.29, 1.82) is 0 Å². The van der Waals surface area contributed by atoms with Gasteiger partial charge in [0.05, 0.1) is 32.6 Å². The first-order valence-corrected chi connectivity index (χ1v) is 8.43. The Balaban J connectivity index is 2.54. The van der Waals surface area contributed by atoms with Gasteiger partial charge in [0, 0.05) is 6.54 Å². The Kier molecular flexibility index (Phi) is 7.43. The zero-order valence-corrected chi connectivity index (χ0v) is 15.5. The molecule has 0 saturated heterocycles. The molecule has 0 bridgehead atoms. The standard InChI is InChI=1S/C21H23NO5/c1-4-9-17(19-12-8-13-27-19)22(15-16-10-6-5-7-11-16)18(21(24)26-3)14-20(23)25-2/h4-8,10-14,17H,1,9,15H2,2-3H3/b18-14+. The lowest BCUT2D eigenvalue weighted by molar-refractivity contribution is -0.140. The van der Waals surface area contributed by atoms with Crippen LogP contribution in [0.4, 0.5) is 0 Å². The zero-order valence-electron chi connectivity index (χ0n) is 15.5. The maximum absolute atomic E-state index is 12.5. The minimum atomic E-state index is -0.648. The first kappa shape index (κ1) is 20.0. The lowest BCUT2D eigenvalue weighted by atomic mass is 10.1. The highest BCUT2D eigenvalue weighted by Gasteiger charge is 2.29. The van der Waals surface area contributed by atoms with E-state index in [1.807, 2.05) is 36.4 Å². The van der Waals surface area contributed by atoms with E-state index in [0.717, 1.165) is 11.6 Å². The van der Waals surface area contributed by atoms with Gasteiger partial charge >= 0.3 is 11.9 Å². The number of benzene rings is 1. The second-order valence-corrected chi connectivity index (χ2v) is 5.71. The summed E-state index contributed by atoms with van der Waals surface area (Å²) in [5.41, 5.74) is 1.04. The van der Waals surface area contributed by atoms with Gasteiger partial charge in [-0.25, -0.2) is 9.59 Å². The molecule has 142 valence electrons. The van der Waals surface area contributed by atoms with Crippen LogP contribution in [0.3, 0.4) is 0 Å². The Labute approximate surface area is 158 Å². The van der Waals surface area contributed by atoms with Crippen LogP contribution in [0.15, 0.2) is 77.6 Å². The van der Waals surface area contributed by atoms with Crippen molar-refractivity contribution in [3.8, 4) is 0 Å². The lowest BCUT2D eigenvalue weighted by Gasteiger charge is -2.32. The monoisotopic (exact) mass is 369 g/mol. The zero-order chi connectivity index (χ0) is 19.6. The number of ether oxygens (including phenoxy) is 2. The van der Waals surface area contributed by atoms with Crippen molar-refractivity contribution in [2.24, 2.45) is 0 Å². The number of hydrogen-bond acceptors (Lipinski definition) is 6. The maximum Gasteiger partial charge on any atom is 0.354 e. The predicted octanol–water partition coefficient (Wildman–Crippen LogP) is 3.63. The van der Waals surface area contributed by atoms with Gasteiger partial charge in [-0.3, -0.25) is 0 Å². The summed E-state index contributed by atoms with van der Waals surface area (Å²) in [6.07, 6.45) is 4.93. The minimum absolute atomic E-state index is 0.0800. The molecule has 0 aliphatic rings. The van der Waals surface area contributed by atoms with E-state index in [9.17, 15) is 9.59 Å². The van der Waals surface area contributed by atoms with Crippen LogP contribution in [-0.2, 0) is 25.6 Å². The number of carbonyl (C=O) groups excluding carboxylic acids is 2. The van der Waals surface area contributed by atoms with Crippen LogP contribution in [0.2, 0.25) is 0 Å². The van der Waals surface area contributed by atoms with Gasteiger partial charge in [0.2, 0.25) is 0 Å². The highest BCUT2D eigenvalue weighted by molar-refractivity contribution is 5.95. The molecule has 1 aromatic heterocycles. The summed E-state index contributed by atoms with van der Waals surface area (Å²) in [5.74, 6) is -0.646. The molecule has 0 saturated carbocycles. The van der Waals surface area contributed by atoms with Crippen molar-refractivity contribution in [2.75, 3.05) is 14.2 Å². The lowest BCUT2D eigenvalue weighted by Crippen LogP contribution is -2.32. The molecule has 2 rings (SSSR count). The largest absolute Gasteiger partial charge is 0.467 e. The van der Waals surface area contributed by atoms with Gasteiger partial charge in [-0.05, 0) is 24.1 Å². The van der Waals surface area contributed by atoms with Crippen molar-refractivity contribution >= 4 is 11.9 Å². The maximum atomic E-state index is 12.5. The highest BCUT2D eigenvalue weighted by atomic mass is 16.5. The first-order chi connectivity index (χ1) is 13.1. The third-order valence-corrected chi connectivity index (χ3v) is 3.99. The predicted molar refractivity (Wildman–Crippen MR) is 100 cm³/mol. The molecule has 0 fully saturated rings. The molecule has 1 unspecified atom stereocenters. The number of esters is 2. The first-order valence-electron chi connectivity index (χ1n) is 8.43. The van der Waals surface area contributed by atoms with Gasteiger partial charge < -0.3 is 18.8 Å². The van der Waals surface area contributed by atoms with Crippen molar-refractivity contribution < 1.29 is 23.5 Å². The van der Waals surface area contributed by atoms with Crippen LogP contribution in [0.1, 0.15) is 23.8 Å². The number of furan rings is 1. The van der Waals surface area contributed by atoms with Gasteiger partial charge in [-0.2, -0.15) is 0 Å². The van der Waals surface area contributed by atoms with E-state index in [-0.39, 0.29) is 11.7 Å². The number of hydrogen-bond donors (Lipinski definition) is 0. The molecule has 27 heavy (non-hydrogen) atoms. The smallest absolute Gasteiger partial charge is 0.354 e. The Hall–Kier alpha value is -3.28. The molecular weight excluding hydrogens is 346 g/mol. The summed E-state index contributed by atoms with van der Waals surface area (Å²) in [6, 6.07) is 12.8. The molecule has 1 heterocycles. The van der Waals surface area contributed by atoms with E-state index in [1.165, 1.54) is 14.2 Å². The van der Waals surface area contributed by atoms with Crippen molar-refractivity contribution in [1.82, 2.24) is 4.90 Å². The molecule has 6 heteroatoms. The van der Waals surface area contributed by atoms with Crippen molar-refractivity contribution in [2.45, 2.75) is 19.0 Å². The molecule has 0 N–H and O–H groups in total.